The predicted octanol–water partition coefficient (Wildman–Crippen LogP) is 9.43. The van der Waals surface area contributed by atoms with Crippen LogP contribution in [-0.4, -0.2) is 27.9 Å². The van der Waals surface area contributed by atoms with Gasteiger partial charge in [0.25, 0.3) is 0 Å². The van der Waals surface area contributed by atoms with Crippen molar-refractivity contribution < 1.29 is 76.8 Å². The fraction of sp³-hybridized carbons (Fsp3) is 1.00. The first kappa shape index (κ1) is 49.1. The van der Waals surface area contributed by atoms with Gasteiger partial charge in [-0.1, -0.05) is 182 Å². The molecule has 0 heterocycles. The molecule has 0 radical (unpaired) electrons. The Hall–Kier alpha value is 1.71. The summed E-state index contributed by atoms with van der Waals surface area (Å²) in [5.74, 6) is 1.61. The standard InChI is InChI=1S/C36H74O.K.H3O4P.H/c1-5-9-13-17-19-21-23-27-31-35(29-25-15-11-7-3)33-37-34-36(30-26-16-12-8-4)32-28-24-22-20-18-14-10-6-2;;1-5(2,3)4;/h35-36H,5-34H2,1-4H3;;(H3,1,2,3,4);/q;+1;;-1. The van der Waals surface area contributed by atoms with Gasteiger partial charge in [0.15, 0.2) is 0 Å². The molecule has 0 aromatic rings. The van der Waals surface area contributed by atoms with Gasteiger partial charge in [-0.3, -0.25) is 0 Å². The normalized spacial score (nSPS) is 12.8. The van der Waals surface area contributed by atoms with E-state index in [0.29, 0.717) is 0 Å². The molecule has 2 atom stereocenters. The van der Waals surface area contributed by atoms with Crippen LogP contribution >= 0.6 is 7.82 Å². The smallest absolute Gasteiger partial charge is 1.00 e. The van der Waals surface area contributed by atoms with E-state index in [-0.39, 0.29) is 52.8 Å². The Kier molecular flexibility index (Phi) is 45.5. The monoisotopic (exact) mass is 661 g/mol. The first-order chi connectivity index (χ1) is 20.3. The van der Waals surface area contributed by atoms with Crippen molar-refractivity contribution in [3.05, 3.63) is 0 Å². The van der Waals surface area contributed by atoms with E-state index in [0.717, 1.165) is 25.0 Å². The molecule has 0 aromatic carbocycles. The van der Waals surface area contributed by atoms with Crippen LogP contribution in [0, 0.1) is 11.8 Å². The van der Waals surface area contributed by atoms with Crippen LogP contribution in [0.1, 0.15) is 209 Å². The van der Waals surface area contributed by atoms with E-state index in [1.54, 1.807) is 0 Å². The molecule has 7 heteroatoms. The van der Waals surface area contributed by atoms with Gasteiger partial charge in [-0.05, 0) is 37.5 Å². The number of phosphoric acid groups is 1. The van der Waals surface area contributed by atoms with E-state index < -0.39 is 7.82 Å². The minimum atomic E-state index is -4.64. The molecule has 0 saturated heterocycles. The van der Waals surface area contributed by atoms with E-state index in [1.807, 2.05) is 0 Å². The van der Waals surface area contributed by atoms with Crippen LogP contribution < -0.4 is 51.4 Å². The van der Waals surface area contributed by atoms with Crippen LogP contribution in [0.25, 0.3) is 0 Å². The van der Waals surface area contributed by atoms with Gasteiger partial charge in [0.05, 0.1) is 0 Å². The molecule has 0 aromatic heterocycles. The molecule has 0 aliphatic heterocycles. The molecular weight excluding hydrogens is 582 g/mol. The van der Waals surface area contributed by atoms with Gasteiger partial charge in [0, 0.05) is 13.2 Å². The number of unbranched alkanes of at least 4 members (excludes halogenated alkanes) is 20. The summed E-state index contributed by atoms with van der Waals surface area (Å²) < 4.78 is 15.4. The Morgan fingerprint density at radius 3 is 0.860 bits per heavy atom. The van der Waals surface area contributed by atoms with Crippen LogP contribution in [0.2, 0.25) is 0 Å². The Labute approximate surface area is 314 Å². The minimum absolute atomic E-state index is 0. The van der Waals surface area contributed by atoms with E-state index >= 15 is 0 Å². The van der Waals surface area contributed by atoms with Gasteiger partial charge < -0.3 is 20.8 Å². The predicted molar refractivity (Wildman–Crippen MR) is 185 cm³/mol. The summed E-state index contributed by atoms with van der Waals surface area (Å²) in [5.41, 5.74) is 0. The summed E-state index contributed by atoms with van der Waals surface area (Å²) in [6.45, 7) is 11.3. The maximum Gasteiger partial charge on any atom is 1.00 e. The fourth-order valence-electron chi connectivity index (χ4n) is 5.88. The number of hydrogen-bond acceptors (Lipinski definition) is 2. The summed E-state index contributed by atoms with van der Waals surface area (Å²) >= 11 is 0. The molecule has 5 nitrogen and oxygen atoms in total. The van der Waals surface area contributed by atoms with E-state index in [9.17, 15) is 0 Å². The van der Waals surface area contributed by atoms with Crippen molar-refractivity contribution in [3.63, 3.8) is 0 Å². The molecular formula is C36H78KO5P. The Bertz CT molecular complexity index is 508. The molecule has 0 fully saturated rings. The SMILES string of the molecule is CCCCCCCCCCC(CCCCCC)COCC(CCCCCC)CCCCCCCCCC.O=P(O)(O)O.[H-].[K+]. The molecule has 43 heavy (non-hydrogen) atoms. The van der Waals surface area contributed by atoms with Gasteiger partial charge in [0.1, 0.15) is 0 Å². The molecule has 0 rings (SSSR count). The molecule has 0 spiro atoms. The number of hydrogen-bond donors (Lipinski definition) is 3. The van der Waals surface area contributed by atoms with Crippen LogP contribution in [0.3, 0.4) is 0 Å². The average Bonchev–Trinajstić information content (AvgIpc) is 2.94. The van der Waals surface area contributed by atoms with Crippen molar-refractivity contribution in [3.8, 4) is 0 Å². The van der Waals surface area contributed by atoms with Crippen LogP contribution in [-0.2, 0) is 9.30 Å². The fourth-order valence-corrected chi connectivity index (χ4v) is 5.88. The first-order valence-electron chi connectivity index (χ1n) is 18.6. The van der Waals surface area contributed by atoms with E-state index in [4.69, 9.17) is 24.0 Å². The Morgan fingerprint density at radius 2 is 0.628 bits per heavy atom. The minimum Gasteiger partial charge on any atom is -1.00 e. The number of rotatable bonds is 32. The Morgan fingerprint density at radius 1 is 0.442 bits per heavy atom. The summed E-state index contributed by atoms with van der Waals surface area (Å²) in [4.78, 5) is 21.6. The van der Waals surface area contributed by atoms with Gasteiger partial charge in [-0.15, -0.1) is 0 Å². The van der Waals surface area contributed by atoms with Crippen molar-refractivity contribution >= 4 is 7.82 Å². The van der Waals surface area contributed by atoms with Crippen LogP contribution in [0.4, 0.5) is 0 Å². The summed E-state index contributed by atoms with van der Waals surface area (Å²) in [5, 5.41) is 0. The van der Waals surface area contributed by atoms with Gasteiger partial charge in [0.2, 0.25) is 0 Å². The molecule has 0 bridgehead atoms. The largest absolute Gasteiger partial charge is 1.00 e. The maximum atomic E-state index is 8.88. The molecule has 2 unspecified atom stereocenters. The third-order valence-corrected chi connectivity index (χ3v) is 8.57. The van der Waals surface area contributed by atoms with Crippen molar-refractivity contribution in [2.75, 3.05) is 13.2 Å². The maximum absolute atomic E-state index is 8.88. The topological polar surface area (TPSA) is 87.0 Å². The second kappa shape index (κ2) is 39.9. The quantitative estimate of drug-likeness (QED) is 0.0380. The van der Waals surface area contributed by atoms with Crippen molar-refractivity contribution in [1.29, 1.82) is 0 Å². The van der Waals surface area contributed by atoms with Crippen molar-refractivity contribution in [2.45, 2.75) is 207 Å². The number of ether oxygens (including phenoxy) is 1. The van der Waals surface area contributed by atoms with Gasteiger partial charge in [-0.2, -0.15) is 0 Å². The zero-order chi connectivity index (χ0) is 31.6. The second-order valence-corrected chi connectivity index (χ2v) is 14.0. The van der Waals surface area contributed by atoms with Crippen LogP contribution in [0.5, 0.6) is 0 Å². The third kappa shape index (κ3) is 48.2. The Balaban J connectivity index is -0.00000105. The molecule has 0 saturated carbocycles. The van der Waals surface area contributed by atoms with Gasteiger partial charge >= 0.3 is 59.2 Å². The van der Waals surface area contributed by atoms with E-state index in [2.05, 4.69) is 27.7 Å². The molecule has 3 N–H and O–H groups in total. The summed E-state index contributed by atoms with van der Waals surface area (Å²) in [6.07, 6.45) is 39.7. The zero-order valence-electron chi connectivity index (χ0n) is 31.0. The average molecular weight is 661 g/mol. The second-order valence-electron chi connectivity index (χ2n) is 13.0. The molecule has 0 aliphatic carbocycles. The van der Waals surface area contributed by atoms with Crippen molar-refractivity contribution in [2.24, 2.45) is 11.8 Å². The first-order valence-corrected chi connectivity index (χ1v) is 20.2. The molecule has 0 aliphatic rings. The summed E-state index contributed by atoms with van der Waals surface area (Å²) in [7, 11) is -4.64. The molecule has 0 amide bonds. The third-order valence-electron chi connectivity index (χ3n) is 8.57. The molecule has 258 valence electrons. The van der Waals surface area contributed by atoms with Gasteiger partial charge in [-0.25, -0.2) is 4.57 Å². The van der Waals surface area contributed by atoms with E-state index in [1.165, 1.54) is 180 Å². The van der Waals surface area contributed by atoms with Crippen molar-refractivity contribution in [1.82, 2.24) is 0 Å². The van der Waals surface area contributed by atoms with Crippen LogP contribution in [0.15, 0.2) is 0 Å². The zero-order valence-corrected chi connectivity index (χ0v) is 34.0. The summed E-state index contributed by atoms with van der Waals surface area (Å²) in [6, 6.07) is 0.